The lowest BCUT2D eigenvalue weighted by Crippen LogP contribution is -2.34. The van der Waals surface area contributed by atoms with Crippen molar-refractivity contribution >= 4 is 22.6 Å². The summed E-state index contributed by atoms with van der Waals surface area (Å²) in [5.41, 5.74) is 1.79. The normalized spacial score (nSPS) is 10.9. The molecule has 1 aromatic heterocycles. The molecule has 0 saturated carbocycles. The fourth-order valence-electron chi connectivity index (χ4n) is 3.18. The number of rotatable bonds is 8. The van der Waals surface area contributed by atoms with Gasteiger partial charge in [0, 0.05) is 24.0 Å². The molecule has 0 spiro atoms. The van der Waals surface area contributed by atoms with Gasteiger partial charge in [-0.2, -0.15) is 5.10 Å². The van der Waals surface area contributed by atoms with Gasteiger partial charge in [0.15, 0.2) is 0 Å². The van der Waals surface area contributed by atoms with Crippen molar-refractivity contribution in [1.29, 1.82) is 0 Å². The summed E-state index contributed by atoms with van der Waals surface area (Å²) >= 11 is 0. The zero-order valence-corrected chi connectivity index (χ0v) is 15.9. The van der Waals surface area contributed by atoms with E-state index in [1.165, 1.54) is 0 Å². The van der Waals surface area contributed by atoms with Gasteiger partial charge >= 0.3 is 0 Å². The number of hydrogen-bond donors (Lipinski definition) is 0. The fraction of sp³-hybridized carbons (Fsp3) is 0.318. The van der Waals surface area contributed by atoms with Crippen molar-refractivity contribution in [2.45, 2.75) is 33.2 Å². The number of hydrogen-bond acceptors (Lipinski definition) is 3. The zero-order chi connectivity index (χ0) is 19.2. The Balaban J connectivity index is 1.93. The van der Waals surface area contributed by atoms with Crippen molar-refractivity contribution < 1.29 is 9.59 Å². The summed E-state index contributed by atoms with van der Waals surface area (Å²) in [7, 11) is 0. The van der Waals surface area contributed by atoms with E-state index in [4.69, 9.17) is 0 Å². The molecule has 140 valence electrons. The number of aromatic nitrogens is 2. The third kappa shape index (κ3) is 4.08. The van der Waals surface area contributed by atoms with Crippen LogP contribution in [0, 0.1) is 0 Å². The summed E-state index contributed by atoms with van der Waals surface area (Å²) in [5, 5.41) is 5.30. The van der Waals surface area contributed by atoms with Crippen LogP contribution in [-0.2, 0) is 11.3 Å². The largest absolute Gasteiger partial charge is 0.341 e. The van der Waals surface area contributed by atoms with Crippen molar-refractivity contribution in [1.82, 2.24) is 14.7 Å². The second-order valence-electron chi connectivity index (χ2n) is 6.55. The van der Waals surface area contributed by atoms with E-state index in [2.05, 4.69) is 12.0 Å². The van der Waals surface area contributed by atoms with Crippen molar-refractivity contribution in [2.75, 3.05) is 13.1 Å². The van der Waals surface area contributed by atoms with Gasteiger partial charge in [-0.1, -0.05) is 61.9 Å². The van der Waals surface area contributed by atoms with E-state index in [0.29, 0.717) is 17.8 Å². The van der Waals surface area contributed by atoms with Crippen molar-refractivity contribution in [3.05, 3.63) is 65.9 Å². The topological polar surface area (TPSA) is 55.2 Å². The lowest BCUT2D eigenvalue weighted by Gasteiger charge is -2.20. The first kappa shape index (κ1) is 18.8. The maximum atomic E-state index is 12.9. The molecule has 1 amide bonds. The lowest BCUT2D eigenvalue weighted by atomic mass is 10.1. The van der Waals surface area contributed by atoms with Crippen LogP contribution in [0.3, 0.4) is 0 Å². The average Bonchev–Trinajstić information content (AvgIpc) is 3.07. The van der Waals surface area contributed by atoms with Gasteiger partial charge in [0.1, 0.15) is 12.2 Å². The number of nitrogens with zero attached hydrogens (tertiary/aromatic N) is 3. The Kier molecular flexibility index (Phi) is 6.01. The molecule has 1 heterocycles. The number of para-hydroxylation sites is 1. The highest BCUT2D eigenvalue weighted by Crippen LogP contribution is 2.21. The van der Waals surface area contributed by atoms with Gasteiger partial charge in [-0.3, -0.25) is 14.3 Å². The van der Waals surface area contributed by atoms with Crippen LogP contribution < -0.4 is 0 Å². The molecule has 5 heteroatoms. The molecule has 0 aliphatic rings. The highest BCUT2D eigenvalue weighted by Gasteiger charge is 2.20. The second-order valence-corrected chi connectivity index (χ2v) is 6.55. The summed E-state index contributed by atoms with van der Waals surface area (Å²) in [6, 6.07) is 16.7. The van der Waals surface area contributed by atoms with E-state index in [9.17, 15) is 9.59 Å². The maximum Gasteiger partial charge on any atom is 0.244 e. The molecule has 2 aromatic carbocycles. The lowest BCUT2D eigenvalue weighted by molar-refractivity contribution is -0.131. The van der Waals surface area contributed by atoms with Crippen LogP contribution in [0.2, 0.25) is 0 Å². The fourth-order valence-corrected chi connectivity index (χ4v) is 3.18. The summed E-state index contributed by atoms with van der Waals surface area (Å²) in [4.78, 5) is 27.5. The molecule has 0 unspecified atom stereocenters. The molecule has 0 fully saturated rings. The van der Waals surface area contributed by atoms with Crippen LogP contribution in [0.1, 0.15) is 42.7 Å². The number of fused-ring (bicyclic) bond motifs is 1. The minimum atomic E-state index is -0.128. The number of amides is 1. The Morgan fingerprint density at radius 3 is 2.41 bits per heavy atom. The maximum absolute atomic E-state index is 12.9. The summed E-state index contributed by atoms with van der Waals surface area (Å²) < 4.78 is 1.66. The summed E-state index contributed by atoms with van der Waals surface area (Å²) in [6.45, 7) is 5.66. The van der Waals surface area contributed by atoms with E-state index in [-0.39, 0.29) is 18.2 Å². The first-order valence-corrected chi connectivity index (χ1v) is 9.48. The Bertz CT molecular complexity index is 931. The van der Waals surface area contributed by atoms with Gasteiger partial charge in [-0.25, -0.2) is 0 Å². The van der Waals surface area contributed by atoms with Crippen LogP contribution in [-0.4, -0.2) is 39.5 Å². The molecule has 0 saturated heterocycles. The number of carbonyl (C=O) groups excluding carboxylic acids is 2. The second kappa shape index (κ2) is 8.62. The quantitative estimate of drug-likeness (QED) is 0.570. The van der Waals surface area contributed by atoms with Crippen LogP contribution >= 0.6 is 0 Å². The first-order valence-electron chi connectivity index (χ1n) is 9.48. The van der Waals surface area contributed by atoms with Crippen molar-refractivity contribution in [3.8, 4) is 0 Å². The number of unbranched alkanes of at least 4 members (excludes halogenated alkanes) is 1. The van der Waals surface area contributed by atoms with E-state index in [1.807, 2.05) is 54.3 Å². The molecule has 0 aliphatic heterocycles. The number of carbonyl (C=O) groups is 2. The van der Waals surface area contributed by atoms with Crippen molar-refractivity contribution in [2.24, 2.45) is 0 Å². The predicted octanol–water partition coefficient (Wildman–Crippen LogP) is 3.92. The summed E-state index contributed by atoms with van der Waals surface area (Å²) in [6.07, 6.45) is 2.03. The van der Waals surface area contributed by atoms with Crippen LogP contribution in [0.5, 0.6) is 0 Å². The molecule has 0 radical (unpaired) electrons. The molecule has 0 atom stereocenters. The standard InChI is InChI=1S/C22H25N3O2/c1-3-5-15-24(4-2)20(26)16-25-19-14-10-9-13-18(19)21(23-25)22(27)17-11-7-6-8-12-17/h6-14H,3-5,15-16H2,1-2H3. The van der Waals surface area contributed by atoms with E-state index >= 15 is 0 Å². The highest BCUT2D eigenvalue weighted by molar-refractivity contribution is 6.14. The molecule has 27 heavy (non-hydrogen) atoms. The Morgan fingerprint density at radius 2 is 1.70 bits per heavy atom. The van der Waals surface area contributed by atoms with Crippen LogP contribution in [0.25, 0.3) is 10.9 Å². The SMILES string of the molecule is CCCCN(CC)C(=O)Cn1nc(C(=O)c2ccccc2)c2ccccc21. The number of benzene rings is 2. The van der Waals surface area contributed by atoms with Gasteiger partial charge in [0.05, 0.1) is 5.52 Å². The molecule has 0 aliphatic carbocycles. The summed E-state index contributed by atoms with van der Waals surface area (Å²) in [5.74, 6) is -0.103. The monoisotopic (exact) mass is 363 g/mol. The molecule has 0 N–H and O–H groups in total. The third-order valence-corrected chi connectivity index (χ3v) is 4.71. The smallest absolute Gasteiger partial charge is 0.244 e. The number of ketones is 1. The molecule has 0 bridgehead atoms. The molecule has 3 rings (SSSR count). The van der Waals surface area contributed by atoms with E-state index < -0.39 is 0 Å². The zero-order valence-electron chi connectivity index (χ0n) is 15.9. The van der Waals surface area contributed by atoms with E-state index in [0.717, 1.165) is 30.3 Å². The highest BCUT2D eigenvalue weighted by atomic mass is 16.2. The first-order chi connectivity index (χ1) is 13.2. The minimum Gasteiger partial charge on any atom is -0.341 e. The average molecular weight is 363 g/mol. The molecular weight excluding hydrogens is 338 g/mol. The Labute approximate surface area is 159 Å². The molecular formula is C22H25N3O2. The van der Waals surface area contributed by atoms with Crippen molar-refractivity contribution in [3.63, 3.8) is 0 Å². The predicted molar refractivity (Wildman–Crippen MR) is 107 cm³/mol. The molecule has 5 nitrogen and oxygen atoms in total. The Hall–Kier alpha value is -2.95. The van der Waals surface area contributed by atoms with Gasteiger partial charge in [-0.05, 0) is 19.4 Å². The van der Waals surface area contributed by atoms with Gasteiger partial charge in [0.2, 0.25) is 11.7 Å². The van der Waals surface area contributed by atoms with Crippen LogP contribution in [0.15, 0.2) is 54.6 Å². The third-order valence-electron chi connectivity index (χ3n) is 4.71. The molecule has 3 aromatic rings. The van der Waals surface area contributed by atoms with E-state index in [1.54, 1.807) is 16.8 Å². The van der Waals surface area contributed by atoms with Gasteiger partial charge in [0.25, 0.3) is 0 Å². The Morgan fingerprint density at radius 1 is 1.00 bits per heavy atom. The van der Waals surface area contributed by atoms with Crippen LogP contribution in [0.4, 0.5) is 0 Å². The van der Waals surface area contributed by atoms with Gasteiger partial charge < -0.3 is 4.90 Å². The number of likely N-dealkylation sites (N-methyl/N-ethyl adjacent to an activating group) is 1. The minimum absolute atomic E-state index is 0.0258. The van der Waals surface area contributed by atoms with Gasteiger partial charge in [-0.15, -0.1) is 0 Å².